The van der Waals surface area contributed by atoms with Gasteiger partial charge in [0.15, 0.2) is 6.29 Å². The molecule has 41 heavy (non-hydrogen) atoms. The molecule has 1 fully saturated rings. The number of phenols is 1. The third-order valence-corrected chi connectivity index (χ3v) is 7.71. The number of ether oxygens (including phenoxy) is 1. The standard InChI is InChI=1S/C30H41N3O7S/c1-22(2)19-27(29(35)31-33(41(3,37)38)21-24-14-9-15-25(34)20-24)26(16-10-13-23-11-5-4-6-12-23)30(36)32-40-28-17-7-8-18-39-28/h4-6,9-15,20,22,26-28,34H,7-8,16-19,21H2,1-3H3,(H,31,35)(H,32,36)/t26-,27+,28?/m0/s1. The van der Waals surface area contributed by atoms with E-state index in [1.165, 1.54) is 12.1 Å². The van der Waals surface area contributed by atoms with Gasteiger partial charge in [-0.1, -0.05) is 68.5 Å². The SMILES string of the molecule is CC(C)C[C@@H](C(=O)NN(Cc1cccc(O)c1)S(C)(=O)=O)[C@H](CC=Cc1ccccc1)C(=O)NOC1CCCCO1. The summed E-state index contributed by atoms with van der Waals surface area (Å²) >= 11 is 0. The average Bonchev–Trinajstić information content (AvgIpc) is 2.93. The summed E-state index contributed by atoms with van der Waals surface area (Å²) in [6.07, 6.45) is 7.16. The van der Waals surface area contributed by atoms with Crippen LogP contribution in [0.5, 0.6) is 5.75 Å². The number of sulfonamides is 1. The van der Waals surface area contributed by atoms with E-state index in [9.17, 15) is 23.1 Å². The van der Waals surface area contributed by atoms with Crippen LogP contribution in [0.25, 0.3) is 6.08 Å². The lowest BCUT2D eigenvalue weighted by Gasteiger charge is -2.30. The van der Waals surface area contributed by atoms with Gasteiger partial charge >= 0.3 is 0 Å². The van der Waals surface area contributed by atoms with E-state index in [0.29, 0.717) is 25.0 Å². The molecule has 3 N–H and O–H groups in total. The quantitative estimate of drug-likeness (QED) is 0.283. The summed E-state index contributed by atoms with van der Waals surface area (Å²) in [5.74, 6) is -2.82. The molecule has 0 bridgehead atoms. The second kappa shape index (κ2) is 15.7. The molecule has 11 heteroatoms. The van der Waals surface area contributed by atoms with Gasteiger partial charge in [0, 0.05) is 13.0 Å². The number of carbonyl (C=O) groups excluding carboxylic acids is 2. The Bertz CT molecular complexity index is 1260. The lowest BCUT2D eigenvalue weighted by atomic mass is 9.82. The van der Waals surface area contributed by atoms with E-state index in [1.54, 1.807) is 12.1 Å². The Labute approximate surface area is 242 Å². The molecule has 1 unspecified atom stereocenters. The van der Waals surface area contributed by atoms with Crippen molar-refractivity contribution < 1.29 is 32.7 Å². The fourth-order valence-electron chi connectivity index (χ4n) is 4.60. The van der Waals surface area contributed by atoms with E-state index < -0.39 is 40.0 Å². The fourth-order valence-corrected chi connectivity index (χ4v) is 5.24. The summed E-state index contributed by atoms with van der Waals surface area (Å²) in [5, 5.41) is 9.81. The lowest BCUT2D eigenvalue weighted by molar-refractivity contribution is -0.203. The van der Waals surface area contributed by atoms with Crippen molar-refractivity contribution in [2.45, 2.75) is 58.8 Å². The largest absolute Gasteiger partial charge is 0.508 e. The average molecular weight is 588 g/mol. The summed E-state index contributed by atoms with van der Waals surface area (Å²) in [4.78, 5) is 32.8. The highest BCUT2D eigenvalue weighted by Crippen LogP contribution is 2.26. The van der Waals surface area contributed by atoms with Gasteiger partial charge in [-0.2, -0.15) is 0 Å². The Morgan fingerprint density at radius 1 is 1.10 bits per heavy atom. The van der Waals surface area contributed by atoms with E-state index in [-0.39, 0.29) is 24.6 Å². The van der Waals surface area contributed by atoms with Gasteiger partial charge in [0.1, 0.15) is 5.75 Å². The number of hydroxylamine groups is 1. The summed E-state index contributed by atoms with van der Waals surface area (Å²) in [6, 6.07) is 15.7. The highest BCUT2D eigenvalue weighted by Gasteiger charge is 2.36. The molecule has 3 atom stereocenters. The molecule has 0 spiro atoms. The zero-order valence-corrected chi connectivity index (χ0v) is 24.7. The van der Waals surface area contributed by atoms with Crippen LogP contribution >= 0.6 is 0 Å². The van der Waals surface area contributed by atoms with Crippen LogP contribution in [0.4, 0.5) is 0 Å². The van der Waals surface area contributed by atoms with E-state index in [4.69, 9.17) is 9.57 Å². The third kappa shape index (κ3) is 10.9. The second-order valence-corrected chi connectivity index (χ2v) is 12.6. The van der Waals surface area contributed by atoms with E-state index in [1.807, 2.05) is 56.3 Å². The first-order chi connectivity index (χ1) is 19.5. The van der Waals surface area contributed by atoms with Gasteiger partial charge < -0.3 is 9.84 Å². The van der Waals surface area contributed by atoms with Crippen molar-refractivity contribution >= 4 is 27.9 Å². The van der Waals surface area contributed by atoms with Crippen molar-refractivity contribution in [2.24, 2.45) is 17.8 Å². The predicted molar refractivity (Wildman–Crippen MR) is 156 cm³/mol. The fraction of sp³-hybridized carbons (Fsp3) is 0.467. The topological polar surface area (TPSA) is 134 Å². The van der Waals surface area contributed by atoms with Gasteiger partial charge in [0.2, 0.25) is 21.8 Å². The molecule has 0 aliphatic carbocycles. The van der Waals surface area contributed by atoms with Crippen LogP contribution in [0, 0.1) is 17.8 Å². The number of rotatable bonds is 14. The zero-order valence-electron chi connectivity index (χ0n) is 23.9. The maximum Gasteiger partial charge on any atom is 0.247 e. The van der Waals surface area contributed by atoms with Gasteiger partial charge in [-0.25, -0.2) is 18.7 Å². The number of phenolic OH excluding ortho intramolecular Hbond substituents is 1. The Hall–Kier alpha value is -3.25. The molecule has 2 amide bonds. The molecule has 2 aromatic carbocycles. The van der Waals surface area contributed by atoms with Gasteiger partial charge in [0.05, 0.1) is 24.6 Å². The Morgan fingerprint density at radius 2 is 1.85 bits per heavy atom. The van der Waals surface area contributed by atoms with Crippen LogP contribution in [-0.2, 0) is 35.7 Å². The van der Waals surface area contributed by atoms with Gasteiger partial charge in [0.25, 0.3) is 0 Å². The first kappa shape index (κ1) is 32.3. The molecular formula is C30H41N3O7S. The maximum atomic E-state index is 13.7. The highest BCUT2D eigenvalue weighted by atomic mass is 32.2. The van der Waals surface area contributed by atoms with Crippen molar-refractivity contribution in [3.63, 3.8) is 0 Å². The molecule has 2 aromatic rings. The lowest BCUT2D eigenvalue weighted by Crippen LogP contribution is -2.50. The van der Waals surface area contributed by atoms with Gasteiger partial charge in [-0.05, 0) is 54.9 Å². The predicted octanol–water partition coefficient (Wildman–Crippen LogP) is 4.14. The number of nitrogens with zero attached hydrogens (tertiary/aromatic N) is 1. The van der Waals surface area contributed by atoms with Crippen molar-refractivity contribution in [3.05, 3.63) is 71.8 Å². The number of allylic oxidation sites excluding steroid dienone is 1. The molecule has 1 aliphatic rings. The molecule has 3 rings (SSSR count). The minimum Gasteiger partial charge on any atom is -0.508 e. The molecule has 1 heterocycles. The van der Waals surface area contributed by atoms with Crippen molar-refractivity contribution in [1.29, 1.82) is 0 Å². The van der Waals surface area contributed by atoms with Crippen LogP contribution in [0.2, 0.25) is 0 Å². The number of benzene rings is 2. The van der Waals surface area contributed by atoms with Crippen molar-refractivity contribution in [2.75, 3.05) is 12.9 Å². The number of amides is 2. The van der Waals surface area contributed by atoms with Gasteiger partial charge in [-0.15, -0.1) is 4.41 Å². The summed E-state index contributed by atoms with van der Waals surface area (Å²) in [5.41, 5.74) is 6.46. The van der Waals surface area contributed by atoms with Crippen molar-refractivity contribution in [3.8, 4) is 5.75 Å². The van der Waals surface area contributed by atoms with E-state index in [2.05, 4.69) is 10.9 Å². The number of hydrazine groups is 1. The minimum atomic E-state index is -3.89. The molecule has 0 aromatic heterocycles. The first-order valence-corrected chi connectivity index (χ1v) is 15.7. The number of hydrogen-bond donors (Lipinski definition) is 3. The van der Waals surface area contributed by atoms with Gasteiger partial charge in [-0.3, -0.25) is 15.0 Å². The zero-order chi connectivity index (χ0) is 29.8. The molecule has 1 aliphatic heterocycles. The van der Waals surface area contributed by atoms with Crippen LogP contribution in [0.3, 0.4) is 0 Å². The highest BCUT2D eigenvalue weighted by molar-refractivity contribution is 7.88. The number of nitrogens with one attached hydrogen (secondary N) is 2. The summed E-state index contributed by atoms with van der Waals surface area (Å²) in [6.45, 7) is 4.22. The minimum absolute atomic E-state index is 0.0242. The van der Waals surface area contributed by atoms with Crippen LogP contribution < -0.4 is 10.9 Å². The van der Waals surface area contributed by atoms with Crippen molar-refractivity contribution in [1.82, 2.24) is 15.3 Å². The van der Waals surface area contributed by atoms with Crippen LogP contribution in [-0.4, -0.2) is 48.9 Å². The van der Waals surface area contributed by atoms with E-state index in [0.717, 1.165) is 29.1 Å². The Balaban J connectivity index is 1.84. The molecule has 1 saturated heterocycles. The third-order valence-electron chi connectivity index (χ3n) is 6.69. The van der Waals surface area contributed by atoms with Crippen LogP contribution in [0.1, 0.15) is 57.1 Å². The summed E-state index contributed by atoms with van der Waals surface area (Å²) in [7, 11) is -3.89. The first-order valence-electron chi connectivity index (χ1n) is 13.9. The number of aromatic hydroxyl groups is 1. The Morgan fingerprint density at radius 3 is 2.49 bits per heavy atom. The smallest absolute Gasteiger partial charge is 0.247 e. The number of carbonyl (C=O) groups is 2. The Kier molecular flexibility index (Phi) is 12.3. The second-order valence-electron chi connectivity index (χ2n) is 10.7. The van der Waals surface area contributed by atoms with E-state index >= 15 is 0 Å². The molecule has 0 saturated carbocycles. The molecular weight excluding hydrogens is 546 g/mol. The maximum absolute atomic E-state index is 13.7. The monoisotopic (exact) mass is 587 g/mol. The van der Waals surface area contributed by atoms with Crippen LogP contribution in [0.15, 0.2) is 60.7 Å². The normalized spacial score (nSPS) is 17.4. The summed E-state index contributed by atoms with van der Waals surface area (Å²) < 4.78 is 31.7. The molecule has 0 radical (unpaired) electrons. The molecule has 224 valence electrons. The molecule has 10 nitrogen and oxygen atoms in total. The number of hydrogen-bond acceptors (Lipinski definition) is 7.